The summed E-state index contributed by atoms with van der Waals surface area (Å²) in [7, 11) is 0. The van der Waals surface area contributed by atoms with E-state index in [4.69, 9.17) is 4.74 Å². The molecule has 0 fully saturated rings. The van der Waals surface area contributed by atoms with E-state index in [1.165, 1.54) is 18.2 Å². The van der Waals surface area contributed by atoms with Crippen LogP contribution >= 0.6 is 0 Å². The molecule has 2 aromatic rings. The highest BCUT2D eigenvalue weighted by atomic mass is 19.4. The van der Waals surface area contributed by atoms with Crippen molar-refractivity contribution in [3.05, 3.63) is 70.8 Å². The first-order valence-electron chi connectivity index (χ1n) is 10.1. The van der Waals surface area contributed by atoms with E-state index in [1.54, 1.807) is 30.3 Å². The van der Waals surface area contributed by atoms with Crippen LogP contribution in [0.2, 0.25) is 0 Å². The number of fused-ring (bicyclic) bond motifs is 1. The topological polar surface area (TPSA) is 46.5 Å². The zero-order valence-corrected chi connectivity index (χ0v) is 16.8. The van der Waals surface area contributed by atoms with Crippen LogP contribution in [0.1, 0.15) is 49.3 Å². The van der Waals surface area contributed by atoms with Gasteiger partial charge in [-0.05, 0) is 42.2 Å². The maximum Gasteiger partial charge on any atom is 0.433 e. The maximum absolute atomic E-state index is 14.3. The largest absolute Gasteiger partial charge is 0.478 e. The first kappa shape index (κ1) is 21.9. The van der Waals surface area contributed by atoms with Crippen LogP contribution in [0.4, 0.5) is 13.2 Å². The third kappa shape index (κ3) is 4.53. The van der Waals surface area contributed by atoms with Crippen molar-refractivity contribution in [2.75, 3.05) is 0 Å². The van der Waals surface area contributed by atoms with Crippen molar-refractivity contribution >= 4 is 12.0 Å². The highest BCUT2D eigenvalue weighted by Crippen LogP contribution is 2.47. The molecule has 1 N–H and O–H groups in total. The minimum atomic E-state index is -4.91. The number of benzene rings is 2. The molecule has 160 valence electrons. The quantitative estimate of drug-likeness (QED) is 0.518. The molecule has 0 radical (unpaired) electrons. The molecule has 6 heteroatoms. The molecule has 30 heavy (non-hydrogen) atoms. The molecule has 0 saturated carbocycles. The first-order valence-corrected chi connectivity index (χ1v) is 10.1. The number of carboxylic acids is 1. The van der Waals surface area contributed by atoms with Crippen LogP contribution in [0.5, 0.6) is 5.75 Å². The second kappa shape index (κ2) is 8.94. The van der Waals surface area contributed by atoms with E-state index in [2.05, 4.69) is 6.92 Å². The van der Waals surface area contributed by atoms with E-state index in [1.807, 2.05) is 0 Å². The van der Waals surface area contributed by atoms with Crippen LogP contribution < -0.4 is 4.74 Å². The number of hydrogen-bond donors (Lipinski definition) is 1. The predicted octanol–water partition coefficient (Wildman–Crippen LogP) is 6.21. The lowest BCUT2D eigenvalue weighted by atomic mass is 9.82. The van der Waals surface area contributed by atoms with E-state index < -0.39 is 29.7 Å². The van der Waals surface area contributed by atoms with E-state index >= 15 is 0 Å². The van der Waals surface area contributed by atoms with Gasteiger partial charge in [-0.2, -0.15) is 13.2 Å². The average Bonchev–Trinajstić information content (AvgIpc) is 2.70. The van der Waals surface area contributed by atoms with Gasteiger partial charge in [0.2, 0.25) is 5.60 Å². The third-order valence-corrected chi connectivity index (χ3v) is 5.40. The Morgan fingerprint density at radius 1 is 1.03 bits per heavy atom. The van der Waals surface area contributed by atoms with Crippen LogP contribution in [0.25, 0.3) is 6.08 Å². The molecule has 3 nitrogen and oxygen atoms in total. The number of hydrogen-bond acceptors (Lipinski definition) is 2. The number of ether oxygens (including phenoxy) is 1. The second-order valence-electron chi connectivity index (χ2n) is 7.64. The summed E-state index contributed by atoms with van der Waals surface area (Å²) in [4.78, 5) is 11.9. The number of carboxylic acid groups (broad SMARTS) is 1. The summed E-state index contributed by atoms with van der Waals surface area (Å²) < 4.78 is 48.3. The van der Waals surface area contributed by atoms with E-state index in [-0.39, 0.29) is 5.75 Å². The van der Waals surface area contributed by atoms with Gasteiger partial charge in [0.05, 0.1) is 5.57 Å². The number of carbonyl (C=O) groups is 1. The fourth-order valence-corrected chi connectivity index (χ4v) is 3.79. The Morgan fingerprint density at radius 3 is 2.40 bits per heavy atom. The zero-order valence-electron chi connectivity index (χ0n) is 16.8. The molecule has 0 saturated heterocycles. The Morgan fingerprint density at radius 2 is 1.77 bits per heavy atom. The molecule has 2 aromatic carbocycles. The molecule has 1 heterocycles. The molecule has 1 unspecified atom stereocenters. The van der Waals surface area contributed by atoms with Crippen LogP contribution in [0.15, 0.2) is 54.1 Å². The number of alkyl halides is 3. The summed E-state index contributed by atoms with van der Waals surface area (Å²) in [6, 6.07) is 13.0. The molecule has 0 spiro atoms. The van der Waals surface area contributed by atoms with Crippen LogP contribution in [0.3, 0.4) is 0 Å². The van der Waals surface area contributed by atoms with Crippen molar-refractivity contribution in [2.24, 2.45) is 0 Å². The summed E-state index contributed by atoms with van der Waals surface area (Å²) in [5, 5.41) is 9.66. The molecule has 0 aliphatic carbocycles. The fourth-order valence-electron chi connectivity index (χ4n) is 3.79. The van der Waals surface area contributed by atoms with Crippen molar-refractivity contribution in [3.8, 4) is 5.75 Å². The molecule has 0 aromatic heterocycles. The Labute approximate surface area is 174 Å². The molecule has 0 bridgehead atoms. The number of halogens is 3. The molecular formula is C24H25F3O3. The molecular weight excluding hydrogens is 393 g/mol. The van der Waals surface area contributed by atoms with Crippen molar-refractivity contribution in [1.82, 2.24) is 0 Å². The Balaban J connectivity index is 2.00. The van der Waals surface area contributed by atoms with E-state index in [0.717, 1.165) is 43.7 Å². The van der Waals surface area contributed by atoms with E-state index in [9.17, 15) is 23.1 Å². The van der Waals surface area contributed by atoms with Gasteiger partial charge in [0.15, 0.2) is 0 Å². The third-order valence-electron chi connectivity index (χ3n) is 5.40. The summed E-state index contributed by atoms with van der Waals surface area (Å²) >= 11 is 0. The van der Waals surface area contributed by atoms with Gasteiger partial charge in [0.25, 0.3) is 0 Å². The molecule has 1 aliphatic rings. The lowest BCUT2D eigenvalue weighted by Crippen LogP contribution is -2.56. The van der Waals surface area contributed by atoms with Gasteiger partial charge in [-0.15, -0.1) is 0 Å². The summed E-state index contributed by atoms with van der Waals surface area (Å²) in [5.74, 6) is -1.59. The van der Waals surface area contributed by atoms with Gasteiger partial charge in [0.1, 0.15) is 5.75 Å². The van der Waals surface area contributed by atoms with Gasteiger partial charge >= 0.3 is 12.1 Å². The van der Waals surface area contributed by atoms with E-state index in [0.29, 0.717) is 11.1 Å². The lowest BCUT2D eigenvalue weighted by molar-refractivity contribution is -0.235. The highest BCUT2D eigenvalue weighted by Gasteiger charge is 2.63. The minimum absolute atomic E-state index is 0.0468. The number of aryl methyl sites for hydroxylation is 1. The van der Waals surface area contributed by atoms with Crippen molar-refractivity contribution < 1.29 is 27.8 Å². The minimum Gasteiger partial charge on any atom is -0.478 e. The van der Waals surface area contributed by atoms with Gasteiger partial charge < -0.3 is 9.84 Å². The Bertz CT molecular complexity index is 919. The molecule has 3 rings (SSSR count). The van der Waals surface area contributed by atoms with Gasteiger partial charge in [-0.3, -0.25) is 0 Å². The number of rotatable bonds is 8. The van der Waals surface area contributed by atoms with Crippen molar-refractivity contribution in [1.29, 1.82) is 0 Å². The second-order valence-corrected chi connectivity index (χ2v) is 7.64. The van der Waals surface area contributed by atoms with Crippen LogP contribution in [-0.4, -0.2) is 22.9 Å². The number of aliphatic carboxylic acids is 1. The predicted molar refractivity (Wildman–Crippen MR) is 109 cm³/mol. The standard InChI is InChI=1S/C24H25F3O3/c1-2-3-4-6-9-17-12-13-21-19(14-17)15-20(22(28)29)23(30-21,24(25,26)27)16-18-10-7-5-8-11-18/h5,7-8,10-15H,2-4,6,9,16H2,1H3,(H,28,29). The zero-order chi connectivity index (χ0) is 21.8. The SMILES string of the molecule is CCCCCCc1ccc2c(c1)C=C(C(=O)O)C(Cc1ccccc1)(C(F)(F)F)O2. The summed E-state index contributed by atoms with van der Waals surface area (Å²) in [6.45, 7) is 2.12. The average molecular weight is 418 g/mol. The van der Waals surface area contributed by atoms with Gasteiger partial charge in [0, 0.05) is 12.0 Å². The highest BCUT2D eigenvalue weighted by molar-refractivity contribution is 5.96. The van der Waals surface area contributed by atoms with Gasteiger partial charge in [-0.1, -0.05) is 62.6 Å². The molecule has 1 atom stereocenters. The Kier molecular flexibility index (Phi) is 6.54. The summed E-state index contributed by atoms with van der Waals surface area (Å²) in [6.07, 6.45) is 0.675. The lowest BCUT2D eigenvalue weighted by Gasteiger charge is -2.39. The monoisotopic (exact) mass is 418 g/mol. The molecule has 1 aliphatic heterocycles. The smallest absolute Gasteiger partial charge is 0.433 e. The summed E-state index contributed by atoms with van der Waals surface area (Å²) in [5.41, 5.74) is -2.08. The normalized spacial score (nSPS) is 18.3. The van der Waals surface area contributed by atoms with Crippen LogP contribution in [0, 0.1) is 0 Å². The van der Waals surface area contributed by atoms with Crippen LogP contribution in [-0.2, 0) is 17.6 Å². The first-order chi connectivity index (χ1) is 14.3. The fraction of sp³-hybridized carbons (Fsp3) is 0.375. The Hall–Kier alpha value is -2.76. The maximum atomic E-state index is 14.3. The van der Waals surface area contributed by atoms with Gasteiger partial charge in [-0.25, -0.2) is 4.79 Å². The van der Waals surface area contributed by atoms with Crippen molar-refractivity contribution in [2.45, 2.75) is 57.2 Å². The number of unbranched alkanes of at least 4 members (excludes halogenated alkanes) is 3. The molecule has 0 amide bonds. The van der Waals surface area contributed by atoms with Crippen molar-refractivity contribution in [3.63, 3.8) is 0 Å².